The van der Waals surface area contributed by atoms with Crippen molar-refractivity contribution in [3.8, 4) is 0 Å². The number of aromatic nitrogens is 1. The molecule has 1 fully saturated rings. The van der Waals surface area contributed by atoms with Crippen LogP contribution in [-0.4, -0.2) is 31.9 Å². The van der Waals surface area contributed by atoms with Crippen LogP contribution in [-0.2, 0) is 24.0 Å². The summed E-state index contributed by atoms with van der Waals surface area (Å²) in [5.41, 5.74) is 2.54. The number of ether oxygens (including phenoxy) is 2. The number of nitrogens with two attached hydrogens (primary N) is 1. The predicted molar refractivity (Wildman–Crippen MR) is 68.7 cm³/mol. The van der Waals surface area contributed by atoms with Crippen LogP contribution in [0.1, 0.15) is 30.5 Å². The monoisotopic (exact) mass is 308 g/mol. The first-order valence-corrected chi connectivity index (χ1v) is 7.96. The van der Waals surface area contributed by atoms with E-state index in [-0.39, 0.29) is 6.61 Å². The molecule has 1 aliphatic rings. The largest absolute Gasteiger partial charge is 0.342 e. The average Bonchev–Trinajstić information content (AvgIpc) is 2.77. The Morgan fingerprint density at radius 2 is 2.21 bits per heavy atom. The lowest BCUT2D eigenvalue weighted by molar-refractivity contribution is -0.148. The van der Waals surface area contributed by atoms with Crippen LogP contribution in [0.2, 0.25) is 0 Å². The summed E-state index contributed by atoms with van der Waals surface area (Å²) in [4.78, 5) is 5.05. The normalized spacial score (nSPS) is 26.7. The number of aryl methyl sites for hydroxylation is 1. The van der Waals surface area contributed by atoms with Crippen LogP contribution in [0, 0.1) is 6.92 Å². The standard InChI is InChI=1S/C10H16N2O5S2/c1-6-9(18-5-12-6)8-7(4-15-19(11,13)14)16-10(2,3)17-8/h5,7-8H,4H2,1-3H3,(H2,11,13,14)/t7-,8+/m1/s1. The minimum absolute atomic E-state index is 0.190. The van der Waals surface area contributed by atoms with E-state index in [1.807, 2.05) is 6.92 Å². The molecule has 2 N–H and O–H groups in total. The fraction of sp³-hybridized carbons (Fsp3) is 0.700. The molecule has 0 saturated carbocycles. The Balaban J connectivity index is 2.18. The number of rotatable bonds is 4. The van der Waals surface area contributed by atoms with E-state index in [2.05, 4.69) is 9.17 Å². The fourth-order valence-corrected chi connectivity index (χ4v) is 3.13. The smallest absolute Gasteiger partial charge is 0.333 e. The number of nitrogens with zero attached hydrogens (tertiary/aromatic N) is 1. The number of hydrogen-bond donors (Lipinski definition) is 1. The van der Waals surface area contributed by atoms with E-state index >= 15 is 0 Å². The highest BCUT2D eigenvalue weighted by Gasteiger charge is 2.44. The lowest BCUT2D eigenvalue weighted by Gasteiger charge is -2.16. The summed E-state index contributed by atoms with van der Waals surface area (Å²) in [7, 11) is -4.00. The zero-order chi connectivity index (χ0) is 14.3. The van der Waals surface area contributed by atoms with Gasteiger partial charge >= 0.3 is 10.3 Å². The molecule has 0 radical (unpaired) electrons. The third kappa shape index (κ3) is 3.71. The molecule has 0 amide bonds. The molecule has 0 spiro atoms. The topological polar surface area (TPSA) is 101 Å². The van der Waals surface area contributed by atoms with Gasteiger partial charge in [0.1, 0.15) is 12.2 Å². The van der Waals surface area contributed by atoms with Crippen LogP contribution in [0.25, 0.3) is 0 Å². The SMILES string of the molecule is Cc1ncsc1[C@H]1OC(C)(C)O[C@@H]1COS(N)(=O)=O. The van der Waals surface area contributed by atoms with E-state index in [9.17, 15) is 8.42 Å². The zero-order valence-corrected chi connectivity index (χ0v) is 12.5. The Hall–Kier alpha value is -0.580. The maximum absolute atomic E-state index is 10.9. The molecule has 0 aromatic carbocycles. The molecule has 0 bridgehead atoms. The molecular weight excluding hydrogens is 292 g/mol. The van der Waals surface area contributed by atoms with Gasteiger partial charge in [0.2, 0.25) is 0 Å². The number of thiazole rings is 1. The second-order valence-electron chi connectivity index (χ2n) is 4.67. The van der Waals surface area contributed by atoms with Crippen molar-refractivity contribution in [3.63, 3.8) is 0 Å². The molecule has 7 nitrogen and oxygen atoms in total. The van der Waals surface area contributed by atoms with Gasteiger partial charge in [0.15, 0.2) is 5.79 Å². The Bertz CT molecular complexity index is 554. The van der Waals surface area contributed by atoms with E-state index in [0.717, 1.165) is 10.6 Å². The van der Waals surface area contributed by atoms with Gasteiger partial charge in [-0.1, -0.05) is 0 Å². The maximum atomic E-state index is 10.9. The van der Waals surface area contributed by atoms with Crippen molar-refractivity contribution in [2.45, 2.75) is 38.8 Å². The molecule has 9 heteroatoms. The quantitative estimate of drug-likeness (QED) is 0.885. The van der Waals surface area contributed by atoms with Gasteiger partial charge in [0, 0.05) is 0 Å². The van der Waals surface area contributed by atoms with Crippen molar-refractivity contribution in [1.29, 1.82) is 0 Å². The summed E-state index contributed by atoms with van der Waals surface area (Å²) in [5, 5.41) is 4.82. The number of hydrogen-bond acceptors (Lipinski definition) is 7. The van der Waals surface area contributed by atoms with Gasteiger partial charge in [-0.2, -0.15) is 8.42 Å². The molecule has 1 saturated heterocycles. The van der Waals surface area contributed by atoms with E-state index in [4.69, 9.17) is 14.6 Å². The van der Waals surface area contributed by atoms with Crippen molar-refractivity contribution in [2.24, 2.45) is 5.14 Å². The summed E-state index contributed by atoms with van der Waals surface area (Å²) in [6.45, 7) is 5.18. The van der Waals surface area contributed by atoms with Crippen LogP contribution >= 0.6 is 11.3 Å². The van der Waals surface area contributed by atoms with Crippen molar-refractivity contribution in [3.05, 3.63) is 16.1 Å². The van der Waals surface area contributed by atoms with Crippen LogP contribution < -0.4 is 5.14 Å². The lowest BCUT2D eigenvalue weighted by Crippen LogP contribution is -2.28. The first-order valence-electron chi connectivity index (χ1n) is 5.61. The first-order chi connectivity index (χ1) is 8.68. The second-order valence-corrected chi connectivity index (χ2v) is 6.78. The van der Waals surface area contributed by atoms with Gasteiger partial charge in [-0.3, -0.25) is 4.18 Å². The summed E-state index contributed by atoms with van der Waals surface area (Å²) in [6, 6.07) is 0. The summed E-state index contributed by atoms with van der Waals surface area (Å²) in [5.74, 6) is -0.812. The molecule has 2 heterocycles. The van der Waals surface area contributed by atoms with Gasteiger partial charge in [-0.25, -0.2) is 10.1 Å². The fourth-order valence-electron chi connectivity index (χ4n) is 1.93. The van der Waals surface area contributed by atoms with Crippen molar-refractivity contribution >= 4 is 21.6 Å². The molecule has 1 aliphatic heterocycles. The van der Waals surface area contributed by atoms with Crippen molar-refractivity contribution in [1.82, 2.24) is 4.98 Å². The van der Waals surface area contributed by atoms with Crippen LogP contribution in [0.5, 0.6) is 0 Å². The van der Waals surface area contributed by atoms with Crippen molar-refractivity contribution in [2.75, 3.05) is 6.61 Å². The first kappa shape index (κ1) is 14.8. The van der Waals surface area contributed by atoms with Gasteiger partial charge in [0.05, 0.1) is 22.7 Å². The Morgan fingerprint density at radius 1 is 1.53 bits per heavy atom. The Labute approximate surface area is 115 Å². The van der Waals surface area contributed by atoms with Gasteiger partial charge in [0.25, 0.3) is 0 Å². The van der Waals surface area contributed by atoms with E-state index in [1.54, 1.807) is 19.4 Å². The summed E-state index contributed by atoms with van der Waals surface area (Å²) >= 11 is 1.43. The van der Waals surface area contributed by atoms with E-state index in [0.29, 0.717) is 0 Å². The predicted octanol–water partition coefficient (Wildman–Crippen LogP) is 0.864. The van der Waals surface area contributed by atoms with Crippen LogP contribution in [0.3, 0.4) is 0 Å². The molecule has 1 aromatic heterocycles. The average molecular weight is 308 g/mol. The molecule has 2 atom stereocenters. The zero-order valence-electron chi connectivity index (χ0n) is 10.8. The summed E-state index contributed by atoms with van der Waals surface area (Å²) < 4.78 is 37.8. The molecular formula is C10H16N2O5S2. The summed E-state index contributed by atoms with van der Waals surface area (Å²) in [6.07, 6.45) is -0.961. The molecule has 1 aromatic rings. The lowest BCUT2D eigenvalue weighted by atomic mass is 10.1. The highest BCUT2D eigenvalue weighted by Crippen LogP contribution is 2.40. The van der Waals surface area contributed by atoms with E-state index in [1.165, 1.54) is 11.3 Å². The Kier molecular flexibility index (Phi) is 3.96. The molecule has 108 valence electrons. The minimum atomic E-state index is -4.00. The van der Waals surface area contributed by atoms with Crippen LogP contribution in [0.15, 0.2) is 5.51 Å². The van der Waals surface area contributed by atoms with Crippen molar-refractivity contribution < 1.29 is 22.1 Å². The highest BCUT2D eigenvalue weighted by molar-refractivity contribution is 7.84. The minimum Gasteiger partial charge on any atom is -0.342 e. The third-order valence-corrected chi connectivity index (χ3v) is 4.08. The molecule has 0 unspecified atom stereocenters. The molecule has 2 rings (SSSR count). The van der Waals surface area contributed by atoms with Gasteiger partial charge in [-0.15, -0.1) is 11.3 Å². The Morgan fingerprint density at radius 3 is 2.74 bits per heavy atom. The highest BCUT2D eigenvalue weighted by atomic mass is 32.2. The molecule has 0 aliphatic carbocycles. The molecule has 19 heavy (non-hydrogen) atoms. The second kappa shape index (κ2) is 5.08. The van der Waals surface area contributed by atoms with Gasteiger partial charge < -0.3 is 9.47 Å². The van der Waals surface area contributed by atoms with Crippen LogP contribution in [0.4, 0.5) is 0 Å². The van der Waals surface area contributed by atoms with Gasteiger partial charge in [-0.05, 0) is 20.8 Å². The van der Waals surface area contributed by atoms with E-state index < -0.39 is 28.3 Å². The maximum Gasteiger partial charge on any atom is 0.333 e. The third-order valence-electron chi connectivity index (χ3n) is 2.62.